The predicted octanol–water partition coefficient (Wildman–Crippen LogP) is 6.75. The van der Waals surface area contributed by atoms with Crippen molar-refractivity contribution >= 4 is 22.8 Å². The zero-order valence-corrected chi connectivity index (χ0v) is 26.8. The van der Waals surface area contributed by atoms with Gasteiger partial charge < -0.3 is 23.3 Å². The molecule has 2 aromatic carbocycles. The first kappa shape index (κ1) is 32.2. The Bertz CT molecular complexity index is 1980. The fourth-order valence-electron chi connectivity index (χ4n) is 6.21. The third-order valence-corrected chi connectivity index (χ3v) is 8.97. The second-order valence-electron chi connectivity index (χ2n) is 12.0. The summed E-state index contributed by atoms with van der Waals surface area (Å²) in [6.07, 6.45) is -3.30. The molecule has 2 aliphatic rings. The summed E-state index contributed by atoms with van der Waals surface area (Å²) in [5, 5.41) is 12.1. The molecule has 3 aromatic heterocycles. The molecule has 0 bridgehead atoms. The second kappa shape index (κ2) is 12.3. The van der Waals surface area contributed by atoms with Gasteiger partial charge in [0.15, 0.2) is 17.1 Å². The number of hydrogen-bond acceptors (Lipinski definition) is 10. The van der Waals surface area contributed by atoms with Crippen LogP contribution in [-0.2, 0) is 29.8 Å². The molecule has 0 amide bonds. The standard InChI is InChI=1S/C32H30ClF4N7O4/c1-17(45-3)15-44-26(38-24-14-23(40-41-29(24)44)28-39-30(48-42-28)32(35,36)37)16-43-11-9-18(10-12-43)20-5-4-6-25-27(20)47-31(2,46-25)21-8-7-19(33)13-22(21)34/h4-8,13-14,17-18H,9-12,15-16H2,1-3H3. The molecular formula is C32H30ClF4N7O4. The Labute approximate surface area is 276 Å². The number of aromatic nitrogens is 6. The average Bonchev–Trinajstić information content (AvgIpc) is 3.77. The van der Waals surface area contributed by atoms with Crippen molar-refractivity contribution in [3.8, 4) is 23.0 Å². The van der Waals surface area contributed by atoms with E-state index in [1.807, 2.05) is 29.7 Å². The molecule has 16 heteroatoms. The maximum absolute atomic E-state index is 14.9. The number of piperidine rings is 1. The van der Waals surface area contributed by atoms with Crippen LogP contribution in [0.3, 0.4) is 0 Å². The SMILES string of the molecule is COC(C)Cn1c(CN2CCC(c3cccc4c3OC(C)(c3ccc(Cl)cc3F)O4)CC2)nc2cc(-c3noc(C(F)(F)F)n3)nnc21. The van der Waals surface area contributed by atoms with Gasteiger partial charge in [-0.05, 0) is 69.1 Å². The molecule has 11 nitrogen and oxygen atoms in total. The van der Waals surface area contributed by atoms with E-state index in [-0.39, 0.29) is 34.1 Å². The summed E-state index contributed by atoms with van der Waals surface area (Å²) in [6, 6.07) is 11.7. The summed E-state index contributed by atoms with van der Waals surface area (Å²) < 4.78 is 78.1. The number of benzene rings is 2. The Balaban J connectivity index is 1.09. The lowest BCUT2D eigenvalue weighted by atomic mass is 9.88. The lowest BCUT2D eigenvalue weighted by Gasteiger charge is -2.32. The third kappa shape index (κ3) is 6.05. The molecule has 0 spiro atoms. The molecule has 0 saturated carbocycles. The minimum Gasteiger partial charge on any atom is -0.444 e. The van der Waals surface area contributed by atoms with Crippen molar-refractivity contribution in [3.05, 3.63) is 76.1 Å². The number of likely N-dealkylation sites (tertiary alicyclic amines) is 1. The van der Waals surface area contributed by atoms with Gasteiger partial charge in [-0.3, -0.25) is 4.90 Å². The van der Waals surface area contributed by atoms with Gasteiger partial charge in [-0.2, -0.15) is 18.2 Å². The van der Waals surface area contributed by atoms with Crippen LogP contribution in [0.2, 0.25) is 5.02 Å². The molecule has 1 fully saturated rings. The van der Waals surface area contributed by atoms with Gasteiger partial charge in [0.25, 0.3) is 5.79 Å². The molecule has 1 saturated heterocycles. The average molecular weight is 688 g/mol. The number of para-hydroxylation sites is 1. The van der Waals surface area contributed by atoms with Crippen molar-refractivity contribution in [1.82, 2.24) is 34.8 Å². The van der Waals surface area contributed by atoms with Crippen LogP contribution >= 0.6 is 11.6 Å². The van der Waals surface area contributed by atoms with Crippen LogP contribution in [-0.4, -0.2) is 61.1 Å². The van der Waals surface area contributed by atoms with Crippen LogP contribution in [0.15, 0.2) is 47.0 Å². The quantitative estimate of drug-likeness (QED) is 0.162. The van der Waals surface area contributed by atoms with E-state index in [9.17, 15) is 17.6 Å². The highest BCUT2D eigenvalue weighted by molar-refractivity contribution is 6.30. The van der Waals surface area contributed by atoms with Crippen LogP contribution in [0.4, 0.5) is 17.6 Å². The van der Waals surface area contributed by atoms with Gasteiger partial charge in [0, 0.05) is 24.6 Å². The fourth-order valence-corrected chi connectivity index (χ4v) is 6.37. The number of halogens is 5. The molecule has 48 heavy (non-hydrogen) atoms. The summed E-state index contributed by atoms with van der Waals surface area (Å²) in [5.74, 6) is -1.58. The minimum absolute atomic E-state index is 0.00930. The highest BCUT2D eigenvalue weighted by Gasteiger charge is 2.43. The van der Waals surface area contributed by atoms with Crippen LogP contribution < -0.4 is 9.47 Å². The van der Waals surface area contributed by atoms with Gasteiger partial charge in [0.1, 0.15) is 22.9 Å². The Morgan fingerprint density at radius 2 is 1.88 bits per heavy atom. The first-order chi connectivity index (χ1) is 22.9. The number of rotatable bonds is 8. The van der Waals surface area contributed by atoms with E-state index < -0.39 is 23.7 Å². The van der Waals surface area contributed by atoms with Gasteiger partial charge in [-0.25, -0.2) is 9.37 Å². The van der Waals surface area contributed by atoms with Gasteiger partial charge in [-0.1, -0.05) is 28.9 Å². The van der Waals surface area contributed by atoms with E-state index in [1.54, 1.807) is 26.2 Å². The van der Waals surface area contributed by atoms with E-state index in [2.05, 4.69) is 29.8 Å². The Morgan fingerprint density at radius 3 is 2.58 bits per heavy atom. The highest BCUT2D eigenvalue weighted by Crippen LogP contribution is 2.50. The predicted molar refractivity (Wildman–Crippen MR) is 164 cm³/mol. The summed E-state index contributed by atoms with van der Waals surface area (Å²) in [5.41, 5.74) is 2.17. The van der Waals surface area contributed by atoms with Crippen LogP contribution in [0.5, 0.6) is 11.5 Å². The number of hydrogen-bond donors (Lipinski definition) is 0. The molecular weight excluding hydrogens is 658 g/mol. The number of methoxy groups -OCH3 is 1. The van der Waals surface area contributed by atoms with Crippen LogP contribution in [0, 0.1) is 5.82 Å². The van der Waals surface area contributed by atoms with Gasteiger partial charge >= 0.3 is 12.1 Å². The third-order valence-electron chi connectivity index (χ3n) is 8.74. The summed E-state index contributed by atoms with van der Waals surface area (Å²) in [7, 11) is 1.61. The van der Waals surface area contributed by atoms with Gasteiger partial charge in [0.2, 0.25) is 5.82 Å². The highest BCUT2D eigenvalue weighted by atomic mass is 35.5. The minimum atomic E-state index is -4.78. The number of nitrogens with zero attached hydrogens (tertiary/aromatic N) is 7. The zero-order valence-electron chi connectivity index (χ0n) is 26.1. The molecule has 2 atom stereocenters. The van der Waals surface area contributed by atoms with E-state index in [0.717, 1.165) is 31.5 Å². The Morgan fingerprint density at radius 1 is 1.08 bits per heavy atom. The monoisotopic (exact) mass is 687 g/mol. The van der Waals surface area contributed by atoms with Crippen molar-refractivity contribution in [1.29, 1.82) is 0 Å². The molecule has 0 N–H and O–H groups in total. The molecule has 5 aromatic rings. The van der Waals surface area contributed by atoms with E-state index in [0.29, 0.717) is 41.6 Å². The second-order valence-corrected chi connectivity index (χ2v) is 12.5. The normalized spacial score (nSPS) is 19.3. The Hall–Kier alpha value is -4.34. The van der Waals surface area contributed by atoms with E-state index in [1.165, 1.54) is 12.1 Å². The van der Waals surface area contributed by atoms with E-state index >= 15 is 0 Å². The topological polar surface area (TPSA) is 113 Å². The smallest absolute Gasteiger partial charge is 0.444 e. The maximum Gasteiger partial charge on any atom is 0.471 e. The fraction of sp³-hybridized carbons (Fsp3) is 0.406. The lowest BCUT2D eigenvalue weighted by molar-refractivity contribution is -0.159. The molecule has 7 rings (SSSR count). The first-order valence-electron chi connectivity index (χ1n) is 15.3. The van der Waals surface area contributed by atoms with Crippen molar-refractivity contribution in [2.45, 2.75) is 63.8 Å². The maximum atomic E-state index is 14.9. The number of alkyl halides is 3. The molecule has 2 aliphatic heterocycles. The lowest BCUT2D eigenvalue weighted by Crippen LogP contribution is -2.34. The Kier molecular flexibility index (Phi) is 8.24. The molecule has 252 valence electrons. The number of imidazole rings is 1. The van der Waals surface area contributed by atoms with Crippen LogP contribution in [0.25, 0.3) is 22.7 Å². The first-order valence-corrected chi connectivity index (χ1v) is 15.7. The molecule has 2 unspecified atom stereocenters. The van der Waals surface area contributed by atoms with E-state index in [4.69, 9.17) is 30.8 Å². The van der Waals surface area contributed by atoms with Crippen molar-refractivity contribution in [2.75, 3.05) is 20.2 Å². The molecule has 5 heterocycles. The molecule has 0 aliphatic carbocycles. The zero-order chi connectivity index (χ0) is 33.8. The molecule has 0 radical (unpaired) electrons. The van der Waals surface area contributed by atoms with Crippen molar-refractivity contribution < 1.29 is 36.3 Å². The largest absolute Gasteiger partial charge is 0.471 e. The summed E-state index contributed by atoms with van der Waals surface area (Å²) in [6.45, 7) is 6.04. The van der Waals surface area contributed by atoms with Crippen molar-refractivity contribution in [2.24, 2.45) is 0 Å². The summed E-state index contributed by atoms with van der Waals surface area (Å²) in [4.78, 5) is 10.5. The van der Waals surface area contributed by atoms with Gasteiger partial charge in [-0.15, -0.1) is 10.2 Å². The number of fused-ring (bicyclic) bond motifs is 2. The summed E-state index contributed by atoms with van der Waals surface area (Å²) >= 11 is 5.97. The van der Waals surface area contributed by atoms with Crippen molar-refractivity contribution in [3.63, 3.8) is 0 Å². The van der Waals surface area contributed by atoms with Crippen LogP contribution in [0.1, 0.15) is 55.4 Å². The number of ether oxygens (including phenoxy) is 3. The van der Waals surface area contributed by atoms with Gasteiger partial charge in [0.05, 0.1) is 24.8 Å².